The summed E-state index contributed by atoms with van der Waals surface area (Å²) in [6.45, 7) is 2.84. The first-order chi connectivity index (χ1) is 11.6. The molecule has 0 spiro atoms. The number of imidazole rings is 1. The minimum Gasteiger partial charge on any atom is -0.387 e. The maximum Gasteiger partial charge on any atom is 0.351 e. The summed E-state index contributed by atoms with van der Waals surface area (Å²) in [7, 11) is 1.86. The Morgan fingerprint density at radius 3 is 2.75 bits per heavy atom. The lowest BCUT2D eigenvalue weighted by molar-refractivity contribution is 0.191. The van der Waals surface area contributed by atoms with E-state index in [4.69, 9.17) is 0 Å². The van der Waals surface area contributed by atoms with Gasteiger partial charge < -0.3 is 15.0 Å². The number of nitrogens with one attached hydrogen (secondary N) is 1. The van der Waals surface area contributed by atoms with E-state index in [1.165, 1.54) is 0 Å². The van der Waals surface area contributed by atoms with Gasteiger partial charge in [0.25, 0.3) is 0 Å². The van der Waals surface area contributed by atoms with Gasteiger partial charge in [0, 0.05) is 20.1 Å². The first-order valence-electron chi connectivity index (χ1n) is 8.00. The molecule has 0 aliphatic rings. The Bertz CT molecular complexity index is 885. The number of benzene rings is 1. The van der Waals surface area contributed by atoms with Gasteiger partial charge in [0.1, 0.15) is 5.52 Å². The third-order valence-electron chi connectivity index (χ3n) is 3.93. The average molecular weight is 327 g/mol. The molecule has 0 aliphatic carbocycles. The average Bonchev–Trinajstić information content (AvgIpc) is 2.98. The highest BCUT2D eigenvalue weighted by atomic mass is 16.3. The van der Waals surface area contributed by atoms with Crippen molar-refractivity contribution in [2.45, 2.75) is 26.0 Å². The largest absolute Gasteiger partial charge is 0.387 e. The third kappa shape index (κ3) is 3.03. The van der Waals surface area contributed by atoms with Crippen LogP contribution in [0.25, 0.3) is 11.2 Å². The Hall–Kier alpha value is -2.67. The number of anilines is 1. The molecule has 2 N–H and O–H groups in total. The molecule has 1 unspecified atom stereocenters. The van der Waals surface area contributed by atoms with Crippen LogP contribution in [0.1, 0.15) is 25.0 Å². The predicted octanol–water partition coefficient (Wildman–Crippen LogP) is 1.69. The second-order valence-corrected chi connectivity index (χ2v) is 5.73. The van der Waals surface area contributed by atoms with Crippen LogP contribution in [0.5, 0.6) is 0 Å². The molecule has 3 rings (SSSR count). The van der Waals surface area contributed by atoms with E-state index in [0.29, 0.717) is 18.0 Å². The number of aryl methyl sites for hydroxylation is 2. The van der Waals surface area contributed by atoms with Crippen LogP contribution in [-0.2, 0) is 13.6 Å². The summed E-state index contributed by atoms with van der Waals surface area (Å²) in [5, 5.41) is 13.4. The van der Waals surface area contributed by atoms with Gasteiger partial charge in [0.2, 0.25) is 0 Å². The fourth-order valence-electron chi connectivity index (χ4n) is 2.72. The Balaban J connectivity index is 1.91. The summed E-state index contributed by atoms with van der Waals surface area (Å²) in [6.07, 6.45) is 1.80. The lowest BCUT2D eigenvalue weighted by Gasteiger charge is -2.14. The maximum absolute atomic E-state index is 12.3. The van der Waals surface area contributed by atoms with Gasteiger partial charge in [-0.2, -0.15) is 4.98 Å². The quantitative estimate of drug-likeness (QED) is 0.719. The van der Waals surface area contributed by atoms with Gasteiger partial charge in [0.15, 0.2) is 11.5 Å². The number of aliphatic hydroxyl groups excluding tert-OH is 1. The van der Waals surface area contributed by atoms with Crippen LogP contribution in [0.4, 0.5) is 5.82 Å². The van der Waals surface area contributed by atoms with Gasteiger partial charge in [-0.3, -0.25) is 4.57 Å². The van der Waals surface area contributed by atoms with Crippen molar-refractivity contribution in [1.29, 1.82) is 0 Å². The molecular weight excluding hydrogens is 306 g/mol. The van der Waals surface area contributed by atoms with Crippen molar-refractivity contribution < 1.29 is 5.11 Å². The van der Waals surface area contributed by atoms with Gasteiger partial charge >= 0.3 is 5.69 Å². The molecule has 7 heteroatoms. The smallest absolute Gasteiger partial charge is 0.351 e. The Morgan fingerprint density at radius 1 is 1.29 bits per heavy atom. The van der Waals surface area contributed by atoms with E-state index >= 15 is 0 Å². The molecule has 2 aromatic heterocycles. The topological polar surface area (TPSA) is 85.0 Å². The molecule has 0 radical (unpaired) electrons. The highest BCUT2D eigenvalue weighted by Crippen LogP contribution is 2.20. The highest BCUT2D eigenvalue weighted by Gasteiger charge is 2.15. The summed E-state index contributed by atoms with van der Waals surface area (Å²) in [4.78, 5) is 20.7. The molecule has 0 amide bonds. The van der Waals surface area contributed by atoms with Crippen LogP contribution in [-0.4, -0.2) is 30.8 Å². The van der Waals surface area contributed by atoms with E-state index in [2.05, 4.69) is 15.3 Å². The number of nitrogens with zero attached hydrogens (tertiary/aromatic N) is 4. The Labute approximate surface area is 139 Å². The van der Waals surface area contributed by atoms with Gasteiger partial charge in [0.05, 0.1) is 12.4 Å². The number of hydrogen-bond acceptors (Lipinski definition) is 5. The van der Waals surface area contributed by atoms with E-state index in [1.807, 2.05) is 48.9 Å². The van der Waals surface area contributed by atoms with Crippen LogP contribution >= 0.6 is 0 Å². The molecule has 0 fully saturated rings. The summed E-state index contributed by atoms with van der Waals surface area (Å²) in [6, 6.07) is 9.37. The summed E-state index contributed by atoms with van der Waals surface area (Å²) >= 11 is 0. The minimum atomic E-state index is -0.686. The normalized spacial score (nSPS) is 12.5. The molecular formula is C17H21N5O2. The maximum atomic E-state index is 12.3. The first kappa shape index (κ1) is 16.2. The van der Waals surface area contributed by atoms with Crippen molar-refractivity contribution in [1.82, 2.24) is 19.1 Å². The van der Waals surface area contributed by atoms with Crippen LogP contribution < -0.4 is 11.0 Å². The second kappa shape index (κ2) is 6.84. The molecule has 0 aliphatic heterocycles. The van der Waals surface area contributed by atoms with Crippen molar-refractivity contribution in [3.63, 3.8) is 0 Å². The summed E-state index contributed by atoms with van der Waals surface area (Å²) in [5.74, 6) is 0.442. The number of fused-ring (bicyclic) bond motifs is 1. The lowest BCUT2D eigenvalue weighted by Crippen LogP contribution is -2.26. The second-order valence-electron chi connectivity index (χ2n) is 5.73. The fraction of sp³-hybridized carbons (Fsp3) is 0.353. The molecule has 0 saturated heterocycles. The van der Waals surface area contributed by atoms with Gasteiger partial charge in [-0.25, -0.2) is 9.78 Å². The number of aromatic nitrogens is 4. The van der Waals surface area contributed by atoms with E-state index in [0.717, 1.165) is 17.5 Å². The molecule has 126 valence electrons. The monoisotopic (exact) mass is 327 g/mol. The van der Waals surface area contributed by atoms with Gasteiger partial charge in [-0.15, -0.1) is 0 Å². The van der Waals surface area contributed by atoms with E-state index in [1.54, 1.807) is 10.9 Å². The van der Waals surface area contributed by atoms with Gasteiger partial charge in [-0.05, 0) is 12.0 Å². The summed E-state index contributed by atoms with van der Waals surface area (Å²) < 4.78 is 3.40. The molecule has 3 aromatic rings. The van der Waals surface area contributed by atoms with Crippen molar-refractivity contribution in [2.75, 3.05) is 11.9 Å². The SMILES string of the molecule is CCCn1c(=O)nc(NCC(O)c2ccccc2)c2c1ncn2C. The molecule has 1 aromatic carbocycles. The zero-order chi connectivity index (χ0) is 17.1. The zero-order valence-corrected chi connectivity index (χ0v) is 13.8. The van der Waals surface area contributed by atoms with Crippen LogP contribution in [0.15, 0.2) is 41.5 Å². The van der Waals surface area contributed by atoms with E-state index < -0.39 is 6.10 Å². The van der Waals surface area contributed by atoms with Crippen LogP contribution in [0.3, 0.4) is 0 Å². The third-order valence-corrected chi connectivity index (χ3v) is 3.93. The summed E-state index contributed by atoms with van der Waals surface area (Å²) in [5.41, 5.74) is 1.84. The number of hydrogen-bond donors (Lipinski definition) is 2. The van der Waals surface area contributed by atoms with Crippen molar-refractivity contribution >= 4 is 17.0 Å². The predicted molar refractivity (Wildman–Crippen MR) is 93.0 cm³/mol. The highest BCUT2D eigenvalue weighted by molar-refractivity contribution is 5.83. The van der Waals surface area contributed by atoms with E-state index in [9.17, 15) is 9.90 Å². The molecule has 2 heterocycles. The van der Waals surface area contributed by atoms with Crippen LogP contribution in [0, 0.1) is 0 Å². The standard InChI is InChI=1S/C17H21N5O2/c1-3-9-22-16-14(21(2)11-19-16)15(20-17(22)24)18-10-13(23)12-7-5-4-6-8-12/h4-8,11,13,23H,3,9-10H2,1-2H3,(H,18,20,24). The molecule has 24 heavy (non-hydrogen) atoms. The fourth-order valence-corrected chi connectivity index (χ4v) is 2.72. The van der Waals surface area contributed by atoms with Crippen molar-refractivity contribution in [3.05, 3.63) is 52.7 Å². The first-order valence-corrected chi connectivity index (χ1v) is 8.00. The van der Waals surface area contributed by atoms with E-state index in [-0.39, 0.29) is 12.2 Å². The number of rotatable bonds is 6. The molecule has 7 nitrogen and oxygen atoms in total. The molecule has 0 saturated carbocycles. The molecule has 1 atom stereocenters. The van der Waals surface area contributed by atoms with Crippen molar-refractivity contribution in [3.8, 4) is 0 Å². The van der Waals surface area contributed by atoms with Crippen LogP contribution in [0.2, 0.25) is 0 Å². The Kier molecular flexibility index (Phi) is 4.61. The Morgan fingerprint density at radius 2 is 2.04 bits per heavy atom. The molecule has 0 bridgehead atoms. The number of aliphatic hydroxyl groups is 1. The van der Waals surface area contributed by atoms with Crippen molar-refractivity contribution in [2.24, 2.45) is 7.05 Å². The van der Waals surface area contributed by atoms with Gasteiger partial charge in [-0.1, -0.05) is 37.3 Å². The lowest BCUT2D eigenvalue weighted by atomic mass is 10.1. The minimum absolute atomic E-state index is 0.258. The zero-order valence-electron chi connectivity index (χ0n) is 13.8.